The van der Waals surface area contributed by atoms with Crippen molar-refractivity contribution in [3.8, 4) is 23.5 Å². The smallest absolute Gasteiger partial charge is 0.202 e. The van der Waals surface area contributed by atoms with Crippen molar-refractivity contribution >= 4 is 23.1 Å². The molecule has 14 nitrogen and oxygen atoms in total. The second-order valence-corrected chi connectivity index (χ2v) is 31.5. The summed E-state index contributed by atoms with van der Waals surface area (Å²) < 4.78 is 5.70. The van der Waals surface area contributed by atoms with Gasteiger partial charge in [-0.25, -0.2) is 0 Å². The number of methoxy groups -OCH3 is 1. The van der Waals surface area contributed by atoms with Crippen LogP contribution >= 0.6 is 0 Å². The van der Waals surface area contributed by atoms with Crippen LogP contribution in [0.25, 0.3) is 5.57 Å². The summed E-state index contributed by atoms with van der Waals surface area (Å²) in [7, 11) is 1.49. The molecule has 2 spiro atoms. The number of fused-ring (bicyclic) bond motifs is 3. The number of nitrogens with one attached hydrogen (secondary N) is 5. The van der Waals surface area contributed by atoms with Gasteiger partial charge in [-0.2, -0.15) is 4.99 Å². The highest BCUT2D eigenvalue weighted by Crippen LogP contribution is 2.75. The summed E-state index contributed by atoms with van der Waals surface area (Å²) in [5.74, 6) is 7.11. The molecule has 1 saturated heterocycles. The number of dihydropyridines is 1. The molecule has 18 rings (SSSR count). The van der Waals surface area contributed by atoms with Crippen LogP contribution in [0.15, 0.2) is 125 Å². The summed E-state index contributed by atoms with van der Waals surface area (Å²) in [5, 5.41) is 55.7. The number of aliphatic hydroxyl groups is 2. The normalized spacial score (nSPS) is 37.3. The second kappa shape index (κ2) is 26.6. The van der Waals surface area contributed by atoms with Crippen molar-refractivity contribution in [3.63, 3.8) is 0 Å². The van der Waals surface area contributed by atoms with Crippen molar-refractivity contribution in [2.45, 2.75) is 191 Å². The van der Waals surface area contributed by atoms with Gasteiger partial charge < -0.3 is 58.1 Å². The third-order valence-corrected chi connectivity index (χ3v) is 26.6. The van der Waals surface area contributed by atoms with Crippen molar-refractivity contribution in [1.29, 1.82) is 0 Å². The highest BCUT2D eigenvalue weighted by atomic mass is 16.5. The zero-order valence-electron chi connectivity index (χ0n) is 55.4. The minimum atomic E-state index is -0.484. The minimum absolute atomic E-state index is 0.00316. The number of hydrogen-bond acceptors (Lipinski definition) is 14. The maximum atomic E-state index is 14.9. The molecule has 0 radical (unpaired) electrons. The number of aryl methyl sites for hydroxylation is 2. The Labute approximate surface area is 557 Å². The van der Waals surface area contributed by atoms with Crippen molar-refractivity contribution in [1.82, 2.24) is 26.6 Å². The van der Waals surface area contributed by atoms with Crippen LogP contribution in [0.5, 0.6) is 11.5 Å². The van der Waals surface area contributed by atoms with Gasteiger partial charge in [0.25, 0.3) is 0 Å². The highest BCUT2D eigenvalue weighted by Gasteiger charge is 2.72. The Morgan fingerprint density at radius 2 is 1.72 bits per heavy atom. The first-order valence-electron chi connectivity index (χ1n) is 36.4. The topological polar surface area (TPSA) is 229 Å². The largest absolute Gasteiger partial charge is 0.504 e. The molecule has 17 atom stereocenters. The van der Waals surface area contributed by atoms with Crippen LogP contribution in [0.2, 0.25) is 0 Å². The fourth-order valence-corrected chi connectivity index (χ4v) is 23.0. The van der Waals surface area contributed by atoms with Gasteiger partial charge in [0.1, 0.15) is 5.78 Å². The summed E-state index contributed by atoms with van der Waals surface area (Å²) in [6.45, 7) is 2.57. The van der Waals surface area contributed by atoms with Crippen molar-refractivity contribution < 1.29 is 29.6 Å². The molecular formula is C80H102N8O6. The molecule has 14 heteroatoms. The number of allylic oxidation sites excluding steroid dienone is 3. The number of aliphatic hydroxyl groups excluding tert-OH is 2. The maximum Gasteiger partial charge on any atom is 0.202 e. The number of nitrogens with zero attached hydrogens (tertiary/aromatic N) is 1. The van der Waals surface area contributed by atoms with E-state index in [9.17, 15) is 24.9 Å². The lowest BCUT2D eigenvalue weighted by Gasteiger charge is -2.56. The molecule has 7 aliphatic carbocycles. The lowest BCUT2D eigenvalue weighted by Crippen LogP contribution is -2.57. The molecule has 15 aliphatic rings. The van der Waals surface area contributed by atoms with Crippen LogP contribution in [0, 0.1) is 81.5 Å². The van der Waals surface area contributed by atoms with Crippen molar-refractivity contribution in [2.24, 2.45) is 86.0 Å². The molecule has 8 heterocycles. The number of Topliss-reactive ketones (excluding diaryl/α,β-unsaturated/α-hetero) is 1. The summed E-state index contributed by atoms with van der Waals surface area (Å²) in [6, 6.07) is 26.6. The van der Waals surface area contributed by atoms with Crippen LogP contribution in [-0.2, 0) is 35.3 Å². The summed E-state index contributed by atoms with van der Waals surface area (Å²) in [5.41, 5.74) is 24.0. The third-order valence-electron chi connectivity index (χ3n) is 26.6. The predicted octanol–water partition coefficient (Wildman–Crippen LogP) is 9.96. The molecule has 8 fully saturated rings. The second-order valence-electron chi connectivity index (χ2n) is 31.5. The molecule has 8 aliphatic heterocycles. The first-order chi connectivity index (χ1) is 45.8. The number of aromatic hydroxyl groups is 1. The summed E-state index contributed by atoms with van der Waals surface area (Å²) in [6.07, 6.45) is 31.2. The monoisotopic (exact) mass is 1270 g/mol. The van der Waals surface area contributed by atoms with Crippen LogP contribution in [0.3, 0.4) is 0 Å². The van der Waals surface area contributed by atoms with Crippen molar-refractivity contribution in [2.75, 3.05) is 33.4 Å². The van der Waals surface area contributed by atoms with E-state index in [4.69, 9.17) is 21.2 Å². The number of rotatable bonds is 9. The quantitative estimate of drug-likeness (QED) is 0.0547. The van der Waals surface area contributed by atoms with Gasteiger partial charge in [0, 0.05) is 49.8 Å². The van der Waals surface area contributed by atoms with E-state index in [1.807, 2.05) is 6.20 Å². The molecule has 12 N–H and O–H groups in total. The van der Waals surface area contributed by atoms with Gasteiger partial charge in [0.2, 0.25) is 5.96 Å². The molecule has 3 aromatic carbocycles. The molecule has 94 heavy (non-hydrogen) atoms. The Morgan fingerprint density at radius 1 is 0.883 bits per heavy atom. The van der Waals surface area contributed by atoms with E-state index >= 15 is 0 Å². The number of benzene rings is 3. The van der Waals surface area contributed by atoms with Gasteiger partial charge in [-0.3, -0.25) is 9.59 Å². The zero-order valence-corrected chi connectivity index (χ0v) is 55.4. The van der Waals surface area contributed by atoms with Crippen LogP contribution < -0.4 is 42.8 Å². The third kappa shape index (κ3) is 12.1. The number of aliphatic imine (C=N–C) groups is 1. The highest BCUT2D eigenvalue weighted by molar-refractivity contribution is 6.08. The first-order valence-corrected chi connectivity index (χ1v) is 36.4. The molecule has 8 bridgehead atoms. The van der Waals surface area contributed by atoms with Gasteiger partial charge in [0.15, 0.2) is 17.3 Å². The molecule has 7 saturated carbocycles. The molecule has 1 unspecified atom stereocenters. The average molecular weight is 1270 g/mol. The number of piperidine rings is 1. The lowest BCUT2D eigenvalue weighted by molar-refractivity contribution is -0.126. The number of nitrogens with two attached hydrogens (primary N) is 2. The fraction of sp³-hybridized carbons (Fsp3) is 0.588. The van der Waals surface area contributed by atoms with Crippen LogP contribution in [-0.4, -0.2) is 103 Å². The lowest BCUT2D eigenvalue weighted by atomic mass is 9.50. The van der Waals surface area contributed by atoms with Gasteiger partial charge in [-0.1, -0.05) is 96.7 Å². The molecular weight excluding hydrogens is 1170 g/mol. The molecule has 3 aromatic rings. The standard InChI is InChI=1S/C80H102N8O6/c1-94-69-40-64-55(37-68(69)92)34-57-46-86-72(81)41-65(57)52(31-50-13-7-12-49(30-50)17-16-48-10-3-2-4-11-48)14-8-28-85-77(82)87-59-35-53-20-26-80-70-19-18-51(32-60(90)39-61(91)36-58(64)47-89)42-79(70,43-67-62-22-29-83-45-56(62)33-54-15-9-27-84-74(54)67)44-71(80)88-75-63(66(38-59)73(53)80)21-25-78(76(75)93)23-5-6-24-78/h2-4,7,9-13,15,30,36-37,40-41,46,51-54,56,59,62,67,70-76,83-84,86,88-89,92-93H,5-6,14,16-27,29,31-35,38-39,42-45,47,81H2,1H3,(H3,82,85,87)/b58-36+/t51-,52-,53-,54-,56+,59-,62-,67+,70+,71+,72?,73+,74+,75+,76+,79+,80-/m0/s1. The zero-order chi connectivity index (χ0) is 64.3. The molecule has 498 valence electrons. The number of ether oxygens (including phenoxy) is 1. The maximum absolute atomic E-state index is 14.9. The SMILES string of the molecule is COc1cc2c(cc1O)CC1=CNC(N)C=C1[C@H](Cc1cccc(CCc3ccccc3)c1)CC#CN=C(N)N[C@@H]1CC3=C4CCC5(CCCC5)[C@H](O)[C@@H]4N[C@@H]4C[C@]5(C[C@@H]6[C@H]7CCNC[C@H]7C[C@@H]7C=CCN[C@@H]67)C[C@@H](CC[C@H]5[C@@]45CC[C@@H](C1)[C@H]35)CC(=O)CC(=O)/C=C/2CO. The number of guanidine groups is 1. The van der Waals surface area contributed by atoms with E-state index in [-0.39, 0.29) is 75.7 Å². The van der Waals surface area contributed by atoms with E-state index in [2.05, 4.69) is 111 Å². The molecule has 0 aromatic heterocycles. The van der Waals surface area contributed by atoms with Gasteiger partial charge in [-0.15, -0.1) is 0 Å². The average Bonchev–Trinajstić information content (AvgIpc) is 1.51. The van der Waals surface area contributed by atoms with Gasteiger partial charge in [-0.05, 0) is 273 Å². The van der Waals surface area contributed by atoms with E-state index in [1.165, 1.54) is 61.1 Å². The number of carbonyl (C=O) groups excluding carboxylic acids is 2. The van der Waals surface area contributed by atoms with E-state index in [1.54, 1.807) is 17.7 Å². The summed E-state index contributed by atoms with van der Waals surface area (Å²) >= 11 is 0. The minimum Gasteiger partial charge on any atom is -0.504 e. The Bertz CT molecular complexity index is 3630. The number of ketones is 2. The number of phenols is 1. The Hall–Kier alpha value is -6.31. The van der Waals surface area contributed by atoms with E-state index in [0.717, 1.165) is 127 Å². The van der Waals surface area contributed by atoms with Gasteiger partial charge in [0.05, 0.1) is 38.4 Å². The van der Waals surface area contributed by atoms with Crippen LogP contribution in [0.1, 0.15) is 156 Å². The summed E-state index contributed by atoms with van der Waals surface area (Å²) in [4.78, 5) is 34.4. The molecule has 0 amide bonds. The number of phenolic OH excluding ortho intramolecular Hbond substituents is 1. The van der Waals surface area contributed by atoms with Crippen molar-refractivity contribution in [3.05, 3.63) is 147 Å². The number of hydrogen-bond donors (Lipinski definition) is 10. The Balaban J connectivity index is 0.817. The first kappa shape index (κ1) is 63.7. The Kier molecular flexibility index (Phi) is 18.0. The van der Waals surface area contributed by atoms with E-state index < -0.39 is 18.9 Å². The Morgan fingerprint density at radius 3 is 2.57 bits per heavy atom. The van der Waals surface area contributed by atoms with Gasteiger partial charge >= 0.3 is 0 Å². The van der Waals surface area contributed by atoms with Crippen LogP contribution in [0.4, 0.5) is 0 Å². The van der Waals surface area contributed by atoms with E-state index in [0.29, 0.717) is 95.8 Å². The number of carbonyl (C=O) groups is 2. The predicted molar refractivity (Wildman–Crippen MR) is 370 cm³/mol. The fourth-order valence-electron chi connectivity index (χ4n) is 23.0.